The van der Waals surface area contributed by atoms with E-state index in [1.807, 2.05) is 42.5 Å². The minimum absolute atomic E-state index is 0.180. The number of ether oxygens (including phenoxy) is 3. The Morgan fingerprint density at radius 3 is 2.64 bits per heavy atom. The smallest absolute Gasteiger partial charge is 0.251 e. The van der Waals surface area contributed by atoms with Gasteiger partial charge in [0.25, 0.3) is 5.91 Å². The number of hydrogen-bond acceptors (Lipinski definition) is 5. The van der Waals surface area contributed by atoms with Gasteiger partial charge < -0.3 is 19.5 Å². The highest BCUT2D eigenvalue weighted by Gasteiger charge is 2.14. The molecule has 0 radical (unpaired) electrons. The summed E-state index contributed by atoms with van der Waals surface area (Å²) in [5, 5.41) is 2.90. The highest BCUT2D eigenvalue weighted by Crippen LogP contribution is 2.30. The van der Waals surface area contributed by atoms with Gasteiger partial charge in [0.15, 0.2) is 11.5 Å². The summed E-state index contributed by atoms with van der Waals surface area (Å²) in [5.41, 5.74) is 2.50. The van der Waals surface area contributed by atoms with Crippen LogP contribution in [0, 0.1) is 0 Å². The van der Waals surface area contributed by atoms with E-state index in [-0.39, 0.29) is 5.91 Å². The zero-order valence-electron chi connectivity index (χ0n) is 15.3. The lowest BCUT2D eigenvalue weighted by atomic mass is 10.1. The van der Waals surface area contributed by atoms with Crippen molar-refractivity contribution < 1.29 is 19.0 Å². The van der Waals surface area contributed by atoms with Gasteiger partial charge in [0, 0.05) is 24.4 Å². The highest BCUT2D eigenvalue weighted by molar-refractivity contribution is 5.94. The largest absolute Gasteiger partial charge is 0.486 e. The van der Waals surface area contributed by atoms with E-state index in [1.54, 1.807) is 24.4 Å². The summed E-state index contributed by atoms with van der Waals surface area (Å²) >= 11 is 0. The summed E-state index contributed by atoms with van der Waals surface area (Å²) < 4.78 is 16.7. The zero-order valence-corrected chi connectivity index (χ0v) is 15.3. The van der Waals surface area contributed by atoms with Gasteiger partial charge in [-0.1, -0.05) is 30.3 Å². The Labute approximate surface area is 163 Å². The first kappa shape index (κ1) is 17.9. The standard InChI is InChI=1S/C22H20N2O4/c25-22(18-6-7-19-20(13-18)27-11-10-26-19)24-14-17-8-9-23-21(12-17)28-15-16-4-2-1-3-5-16/h1-9,12-13H,10-11,14-15H2,(H,24,25). The van der Waals surface area contributed by atoms with Crippen LogP contribution >= 0.6 is 0 Å². The predicted octanol–water partition coefficient (Wildman–Crippen LogP) is 3.36. The van der Waals surface area contributed by atoms with Gasteiger partial charge in [0.1, 0.15) is 19.8 Å². The van der Waals surface area contributed by atoms with Crippen molar-refractivity contribution in [3.05, 3.63) is 83.6 Å². The van der Waals surface area contributed by atoms with Crippen LogP contribution in [-0.4, -0.2) is 24.1 Å². The van der Waals surface area contributed by atoms with Crippen LogP contribution in [0.3, 0.4) is 0 Å². The summed E-state index contributed by atoms with van der Waals surface area (Å²) in [5.74, 6) is 1.60. The van der Waals surface area contributed by atoms with Crippen molar-refractivity contribution in [3.63, 3.8) is 0 Å². The fourth-order valence-electron chi connectivity index (χ4n) is 2.84. The Hall–Kier alpha value is -3.54. The molecule has 2 heterocycles. The van der Waals surface area contributed by atoms with Gasteiger partial charge in [-0.15, -0.1) is 0 Å². The SMILES string of the molecule is O=C(NCc1ccnc(OCc2ccccc2)c1)c1ccc2c(c1)OCCO2. The molecule has 1 aliphatic heterocycles. The number of nitrogens with zero attached hydrogens (tertiary/aromatic N) is 1. The number of carbonyl (C=O) groups excluding carboxylic acids is 1. The fourth-order valence-corrected chi connectivity index (χ4v) is 2.84. The van der Waals surface area contributed by atoms with Crippen LogP contribution in [-0.2, 0) is 13.2 Å². The molecule has 0 fully saturated rings. The molecular weight excluding hydrogens is 356 g/mol. The maximum Gasteiger partial charge on any atom is 0.251 e. The quantitative estimate of drug-likeness (QED) is 0.714. The number of fused-ring (bicyclic) bond motifs is 1. The van der Waals surface area contributed by atoms with E-state index < -0.39 is 0 Å². The number of carbonyl (C=O) groups is 1. The van der Waals surface area contributed by atoms with Crippen molar-refractivity contribution in [2.24, 2.45) is 0 Å². The lowest BCUT2D eigenvalue weighted by Crippen LogP contribution is -2.23. The molecule has 0 spiro atoms. The molecule has 1 N–H and O–H groups in total. The molecular formula is C22H20N2O4. The maximum absolute atomic E-state index is 12.4. The lowest BCUT2D eigenvalue weighted by Gasteiger charge is -2.18. The number of amides is 1. The number of aromatic nitrogens is 1. The summed E-state index contributed by atoms with van der Waals surface area (Å²) in [4.78, 5) is 16.7. The van der Waals surface area contributed by atoms with E-state index in [4.69, 9.17) is 14.2 Å². The van der Waals surface area contributed by atoms with Crippen LogP contribution < -0.4 is 19.5 Å². The molecule has 0 bridgehead atoms. The minimum Gasteiger partial charge on any atom is -0.486 e. The molecule has 6 nitrogen and oxygen atoms in total. The monoisotopic (exact) mass is 376 g/mol. The Kier molecular flexibility index (Phi) is 5.38. The molecule has 4 rings (SSSR count). The van der Waals surface area contributed by atoms with Gasteiger partial charge in [-0.25, -0.2) is 4.98 Å². The van der Waals surface area contributed by atoms with Gasteiger partial charge in [-0.2, -0.15) is 0 Å². The molecule has 0 unspecified atom stereocenters. The molecule has 6 heteroatoms. The number of rotatable bonds is 6. The average Bonchev–Trinajstić information content (AvgIpc) is 2.77. The summed E-state index contributed by atoms with van der Waals surface area (Å²) in [6, 6.07) is 18.7. The first-order valence-corrected chi connectivity index (χ1v) is 9.07. The molecule has 142 valence electrons. The van der Waals surface area contributed by atoms with Crippen molar-refractivity contribution in [3.8, 4) is 17.4 Å². The van der Waals surface area contributed by atoms with Crippen LogP contribution in [0.1, 0.15) is 21.5 Å². The van der Waals surface area contributed by atoms with Crippen molar-refractivity contribution in [1.82, 2.24) is 10.3 Å². The van der Waals surface area contributed by atoms with Crippen LogP contribution in [0.4, 0.5) is 0 Å². The normalized spacial score (nSPS) is 12.3. The highest BCUT2D eigenvalue weighted by atomic mass is 16.6. The van der Waals surface area contributed by atoms with Crippen molar-refractivity contribution in [1.29, 1.82) is 0 Å². The first-order chi connectivity index (χ1) is 13.8. The van der Waals surface area contributed by atoms with E-state index >= 15 is 0 Å². The molecule has 0 saturated heterocycles. The van der Waals surface area contributed by atoms with Crippen molar-refractivity contribution in [2.45, 2.75) is 13.2 Å². The molecule has 1 aromatic heterocycles. The number of hydrogen-bond donors (Lipinski definition) is 1. The second-order valence-electron chi connectivity index (χ2n) is 6.32. The van der Waals surface area contributed by atoms with Crippen LogP contribution in [0.2, 0.25) is 0 Å². The van der Waals surface area contributed by atoms with Crippen LogP contribution in [0.25, 0.3) is 0 Å². The predicted molar refractivity (Wildman–Crippen MR) is 104 cm³/mol. The van der Waals surface area contributed by atoms with Gasteiger partial charge in [0.2, 0.25) is 5.88 Å². The Morgan fingerprint density at radius 2 is 1.79 bits per heavy atom. The molecule has 2 aromatic carbocycles. The third kappa shape index (κ3) is 4.40. The van der Waals surface area contributed by atoms with Crippen molar-refractivity contribution >= 4 is 5.91 Å². The maximum atomic E-state index is 12.4. The second-order valence-corrected chi connectivity index (χ2v) is 6.32. The Balaban J connectivity index is 1.35. The average molecular weight is 376 g/mol. The van der Waals surface area contributed by atoms with E-state index in [2.05, 4.69) is 10.3 Å². The number of benzene rings is 2. The summed E-state index contributed by atoms with van der Waals surface area (Å²) in [6.45, 7) is 1.83. The van der Waals surface area contributed by atoms with Crippen LogP contribution in [0.5, 0.6) is 17.4 Å². The van der Waals surface area contributed by atoms with Gasteiger partial charge in [0.05, 0.1) is 0 Å². The zero-order chi connectivity index (χ0) is 19.2. The van der Waals surface area contributed by atoms with E-state index in [9.17, 15) is 4.79 Å². The van der Waals surface area contributed by atoms with Crippen LogP contribution in [0.15, 0.2) is 66.9 Å². The topological polar surface area (TPSA) is 69.7 Å². The van der Waals surface area contributed by atoms with E-state index in [0.29, 0.717) is 49.3 Å². The summed E-state index contributed by atoms with van der Waals surface area (Å²) in [7, 11) is 0. The molecule has 0 saturated carbocycles. The number of nitrogens with one attached hydrogen (secondary N) is 1. The second kappa shape index (κ2) is 8.43. The molecule has 1 aliphatic rings. The fraction of sp³-hybridized carbons (Fsp3) is 0.182. The Bertz CT molecular complexity index is 960. The first-order valence-electron chi connectivity index (χ1n) is 9.07. The number of pyridine rings is 1. The lowest BCUT2D eigenvalue weighted by molar-refractivity contribution is 0.0949. The summed E-state index contributed by atoms with van der Waals surface area (Å²) in [6.07, 6.45) is 1.67. The van der Waals surface area contributed by atoms with E-state index in [1.165, 1.54) is 0 Å². The third-order valence-corrected chi connectivity index (χ3v) is 4.29. The van der Waals surface area contributed by atoms with Gasteiger partial charge in [-0.3, -0.25) is 4.79 Å². The molecule has 1 amide bonds. The molecule has 3 aromatic rings. The van der Waals surface area contributed by atoms with E-state index in [0.717, 1.165) is 11.1 Å². The molecule has 0 atom stereocenters. The van der Waals surface area contributed by atoms with Crippen molar-refractivity contribution in [2.75, 3.05) is 13.2 Å². The van der Waals surface area contributed by atoms with Gasteiger partial charge in [-0.05, 0) is 35.4 Å². The Morgan fingerprint density at radius 1 is 0.964 bits per heavy atom. The minimum atomic E-state index is -0.180. The molecule has 28 heavy (non-hydrogen) atoms. The van der Waals surface area contributed by atoms with Gasteiger partial charge >= 0.3 is 0 Å². The third-order valence-electron chi connectivity index (χ3n) is 4.29. The molecule has 0 aliphatic carbocycles.